The monoisotopic (exact) mass is 505 g/mol. The number of thiophene rings is 2. The van der Waals surface area contributed by atoms with Crippen LogP contribution in [0.25, 0.3) is 5.00 Å². The van der Waals surface area contributed by atoms with Crippen molar-refractivity contribution in [2.75, 3.05) is 19.5 Å². The highest BCUT2D eigenvalue weighted by Gasteiger charge is 2.36. The van der Waals surface area contributed by atoms with E-state index in [0.717, 1.165) is 23.4 Å². The molecule has 3 aromatic heterocycles. The first-order chi connectivity index (χ1) is 17.2. The number of aromatic nitrogens is 1. The fourth-order valence-corrected chi connectivity index (χ4v) is 7.47. The number of nitrogens with one attached hydrogen (secondary N) is 1. The molecule has 1 atom stereocenters. The molecule has 6 nitrogen and oxygen atoms in total. The molecule has 0 saturated heterocycles. The van der Waals surface area contributed by atoms with Crippen molar-refractivity contribution < 1.29 is 14.3 Å². The summed E-state index contributed by atoms with van der Waals surface area (Å²) in [4.78, 5) is 18.6. The van der Waals surface area contributed by atoms with Crippen LogP contribution in [0.15, 0.2) is 54.0 Å². The van der Waals surface area contributed by atoms with Gasteiger partial charge in [-0.25, -0.2) is 4.79 Å². The summed E-state index contributed by atoms with van der Waals surface area (Å²) in [6.07, 6.45) is 6.81. The third-order valence-corrected chi connectivity index (χ3v) is 9.16. The maximum atomic E-state index is 14.0. The quantitative estimate of drug-likeness (QED) is 0.339. The van der Waals surface area contributed by atoms with Gasteiger partial charge in [-0.1, -0.05) is 6.07 Å². The molecule has 1 unspecified atom stereocenters. The molecule has 0 fully saturated rings. The summed E-state index contributed by atoms with van der Waals surface area (Å²) < 4.78 is 13.2. The molecule has 4 heterocycles. The Kier molecular flexibility index (Phi) is 5.78. The molecule has 1 aromatic carbocycles. The molecule has 6 rings (SSSR count). The van der Waals surface area contributed by atoms with E-state index in [4.69, 9.17) is 9.47 Å². The number of ether oxygens (including phenoxy) is 2. The number of anilines is 1. The SMILES string of the molecule is COc1ccc(NC(=O)N2Cc3c(sc4c3CCCC4)-n3cccc3C2c2cccs2)c(OC)c1. The summed E-state index contributed by atoms with van der Waals surface area (Å²) >= 11 is 3.58. The Balaban J connectivity index is 1.45. The zero-order valence-electron chi connectivity index (χ0n) is 19.7. The largest absolute Gasteiger partial charge is 0.497 e. The van der Waals surface area contributed by atoms with E-state index in [1.807, 2.05) is 28.4 Å². The number of methoxy groups -OCH3 is 2. The molecule has 0 bridgehead atoms. The van der Waals surface area contributed by atoms with Crippen LogP contribution in [0, 0.1) is 0 Å². The van der Waals surface area contributed by atoms with Crippen LogP contribution in [0.4, 0.5) is 10.5 Å². The fraction of sp³-hybridized carbons (Fsp3) is 0.296. The fourth-order valence-electron chi connectivity index (χ4n) is 5.22. The van der Waals surface area contributed by atoms with Crippen molar-refractivity contribution in [1.82, 2.24) is 9.47 Å². The average Bonchev–Trinajstić information content (AvgIpc) is 3.64. The lowest BCUT2D eigenvalue weighted by atomic mass is 9.95. The smallest absolute Gasteiger partial charge is 0.323 e. The number of hydrogen-bond donors (Lipinski definition) is 1. The van der Waals surface area contributed by atoms with Crippen molar-refractivity contribution >= 4 is 34.4 Å². The van der Waals surface area contributed by atoms with Gasteiger partial charge in [-0.3, -0.25) is 0 Å². The minimum Gasteiger partial charge on any atom is -0.497 e. The summed E-state index contributed by atoms with van der Waals surface area (Å²) in [6.45, 7) is 0.565. The van der Waals surface area contributed by atoms with Gasteiger partial charge >= 0.3 is 6.03 Å². The van der Waals surface area contributed by atoms with Crippen molar-refractivity contribution in [3.63, 3.8) is 0 Å². The van der Waals surface area contributed by atoms with Crippen LogP contribution < -0.4 is 14.8 Å². The second-order valence-electron chi connectivity index (χ2n) is 8.84. The molecule has 2 aliphatic rings. The summed E-state index contributed by atoms with van der Waals surface area (Å²) in [5, 5.41) is 6.47. The second-order valence-corrected chi connectivity index (χ2v) is 10.9. The highest BCUT2D eigenvalue weighted by Crippen LogP contribution is 2.45. The van der Waals surface area contributed by atoms with E-state index in [-0.39, 0.29) is 12.1 Å². The van der Waals surface area contributed by atoms with Gasteiger partial charge in [0.25, 0.3) is 0 Å². The van der Waals surface area contributed by atoms with Gasteiger partial charge in [-0.15, -0.1) is 22.7 Å². The van der Waals surface area contributed by atoms with Crippen molar-refractivity contribution in [3.8, 4) is 16.5 Å². The molecule has 8 heteroatoms. The van der Waals surface area contributed by atoms with Gasteiger partial charge in [0.2, 0.25) is 0 Å². The molecular weight excluding hydrogens is 478 g/mol. The summed E-state index contributed by atoms with van der Waals surface area (Å²) in [5.41, 5.74) is 4.47. The number of hydrogen-bond acceptors (Lipinski definition) is 5. The molecular formula is C27H27N3O3S2. The number of fused-ring (bicyclic) bond motifs is 5. The van der Waals surface area contributed by atoms with Gasteiger partial charge < -0.3 is 24.3 Å². The topological polar surface area (TPSA) is 55.7 Å². The third-order valence-electron chi connectivity index (χ3n) is 6.90. The number of nitrogens with zero attached hydrogens (tertiary/aromatic N) is 2. The Morgan fingerprint density at radius 1 is 1.06 bits per heavy atom. The summed E-state index contributed by atoms with van der Waals surface area (Å²) in [7, 11) is 3.21. The Labute approximate surface area is 212 Å². The van der Waals surface area contributed by atoms with Crippen molar-refractivity contribution in [1.29, 1.82) is 0 Å². The number of urea groups is 1. The number of aryl methyl sites for hydroxylation is 1. The Morgan fingerprint density at radius 3 is 2.74 bits per heavy atom. The van der Waals surface area contributed by atoms with Gasteiger partial charge in [0.1, 0.15) is 22.5 Å². The minimum atomic E-state index is -0.187. The van der Waals surface area contributed by atoms with Crippen LogP contribution in [0.5, 0.6) is 11.5 Å². The first-order valence-electron chi connectivity index (χ1n) is 11.8. The number of rotatable bonds is 4. The van der Waals surface area contributed by atoms with Crippen LogP contribution in [0.3, 0.4) is 0 Å². The predicted octanol–water partition coefficient (Wildman–Crippen LogP) is 6.63. The molecule has 0 radical (unpaired) electrons. The molecule has 4 aromatic rings. The van der Waals surface area contributed by atoms with Crippen LogP contribution in [-0.4, -0.2) is 29.7 Å². The molecule has 2 amide bonds. The predicted molar refractivity (Wildman–Crippen MR) is 141 cm³/mol. The van der Waals surface area contributed by atoms with Crippen LogP contribution in [0.1, 0.15) is 45.5 Å². The first kappa shape index (κ1) is 22.2. The lowest BCUT2D eigenvalue weighted by Gasteiger charge is -2.30. The summed E-state index contributed by atoms with van der Waals surface area (Å²) in [6, 6.07) is 13.5. The maximum absolute atomic E-state index is 14.0. The average molecular weight is 506 g/mol. The third kappa shape index (κ3) is 3.81. The molecule has 0 spiro atoms. The molecule has 35 heavy (non-hydrogen) atoms. The Morgan fingerprint density at radius 2 is 1.94 bits per heavy atom. The lowest BCUT2D eigenvalue weighted by Crippen LogP contribution is -2.37. The molecule has 1 aliphatic carbocycles. The standard InChI is InChI=1S/C27H27N3O3S2/c1-32-17-11-12-20(22(15-17)33-2)28-27(31)30-16-19-18-7-3-4-9-23(18)35-26(19)29-13-5-8-21(29)25(30)24-10-6-14-34-24/h5-6,8,10-15,25H,3-4,7,9,16H2,1-2H3,(H,28,31). The number of amides is 2. The molecule has 1 N–H and O–H groups in total. The lowest BCUT2D eigenvalue weighted by molar-refractivity contribution is 0.195. The van der Waals surface area contributed by atoms with Gasteiger partial charge in [-0.2, -0.15) is 0 Å². The van der Waals surface area contributed by atoms with Gasteiger partial charge in [0.05, 0.1) is 32.1 Å². The van der Waals surface area contributed by atoms with E-state index in [0.29, 0.717) is 23.7 Å². The van der Waals surface area contributed by atoms with E-state index in [2.05, 4.69) is 45.7 Å². The minimum absolute atomic E-state index is 0.150. The first-order valence-corrected chi connectivity index (χ1v) is 13.5. The van der Waals surface area contributed by atoms with Crippen molar-refractivity contribution in [2.45, 2.75) is 38.3 Å². The van der Waals surface area contributed by atoms with E-state index >= 15 is 0 Å². The molecule has 1 aliphatic heterocycles. The second kappa shape index (κ2) is 9.09. The maximum Gasteiger partial charge on any atom is 0.323 e. The van der Waals surface area contributed by atoms with Crippen molar-refractivity contribution in [3.05, 3.63) is 80.6 Å². The van der Waals surface area contributed by atoms with Gasteiger partial charge in [0, 0.05) is 27.6 Å². The zero-order valence-corrected chi connectivity index (χ0v) is 21.4. The van der Waals surface area contributed by atoms with Gasteiger partial charge in [0.15, 0.2) is 0 Å². The van der Waals surface area contributed by atoms with E-state index in [1.165, 1.54) is 33.8 Å². The Bertz CT molecular complexity index is 1370. The van der Waals surface area contributed by atoms with E-state index in [9.17, 15) is 4.79 Å². The highest BCUT2D eigenvalue weighted by molar-refractivity contribution is 7.15. The molecule has 0 saturated carbocycles. The van der Waals surface area contributed by atoms with E-state index in [1.54, 1.807) is 31.6 Å². The molecule has 180 valence electrons. The Hall–Kier alpha value is -3.23. The van der Waals surface area contributed by atoms with E-state index < -0.39 is 0 Å². The van der Waals surface area contributed by atoms with Crippen molar-refractivity contribution in [2.24, 2.45) is 0 Å². The highest BCUT2D eigenvalue weighted by atomic mass is 32.1. The zero-order chi connectivity index (χ0) is 23.9. The normalized spacial score (nSPS) is 16.6. The van der Waals surface area contributed by atoms with Crippen LogP contribution in [0.2, 0.25) is 0 Å². The number of benzene rings is 1. The van der Waals surface area contributed by atoms with Gasteiger partial charge in [-0.05, 0) is 67.0 Å². The van der Waals surface area contributed by atoms with Crippen LogP contribution in [-0.2, 0) is 19.4 Å². The number of carbonyl (C=O) groups excluding carboxylic acids is 1. The number of carbonyl (C=O) groups is 1. The summed E-state index contributed by atoms with van der Waals surface area (Å²) in [5.74, 6) is 1.25. The van der Waals surface area contributed by atoms with Crippen LogP contribution >= 0.6 is 22.7 Å².